The van der Waals surface area contributed by atoms with Gasteiger partial charge in [-0.25, -0.2) is 0 Å². The fourth-order valence-electron chi connectivity index (χ4n) is 1.91. The molecule has 0 amide bonds. The van der Waals surface area contributed by atoms with Gasteiger partial charge in [0, 0.05) is 4.92 Å². The van der Waals surface area contributed by atoms with Gasteiger partial charge in [-0.2, -0.15) is 5.48 Å². The SMILES string of the molecule is O=[N+]([O-])CC(NO)c1ccc(OCc2ccccc2)cc1. The molecule has 2 rings (SSSR count). The van der Waals surface area contributed by atoms with Gasteiger partial charge in [-0.15, -0.1) is 0 Å². The van der Waals surface area contributed by atoms with Crippen LogP contribution in [0.2, 0.25) is 0 Å². The van der Waals surface area contributed by atoms with E-state index in [-0.39, 0.29) is 6.54 Å². The predicted octanol–water partition coefficient (Wildman–Crippen LogP) is 2.56. The van der Waals surface area contributed by atoms with Crippen molar-refractivity contribution in [3.05, 3.63) is 75.8 Å². The largest absolute Gasteiger partial charge is 0.489 e. The van der Waals surface area contributed by atoms with Gasteiger partial charge in [-0.05, 0) is 23.3 Å². The van der Waals surface area contributed by atoms with Gasteiger partial charge >= 0.3 is 0 Å². The van der Waals surface area contributed by atoms with Crippen molar-refractivity contribution in [2.75, 3.05) is 6.54 Å². The molecule has 0 aliphatic heterocycles. The molecule has 1 atom stereocenters. The Labute approximate surface area is 122 Å². The minimum Gasteiger partial charge on any atom is -0.489 e. The van der Waals surface area contributed by atoms with E-state index in [0.29, 0.717) is 17.9 Å². The summed E-state index contributed by atoms with van der Waals surface area (Å²) >= 11 is 0. The molecule has 2 aromatic carbocycles. The number of nitrogens with one attached hydrogen (secondary N) is 1. The summed E-state index contributed by atoms with van der Waals surface area (Å²) in [5.74, 6) is 0.667. The highest BCUT2D eigenvalue weighted by Crippen LogP contribution is 2.19. The third-order valence-electron chi connectivity index (χ3n) is 3.02. The monoisotopic (exact) mass is 288 g/mol. The van der Waals surface area contributed by atoms with Gasteiger partial charge in [-0.1, -0.05) is 42.5 Å². The second kappa shape index (κ2) is 7.37. The van der Waals surface area contributed by atoms with E-state index in [4.69, 9.17) is 9.94 Å². The van der Waals surface area contributed by atoms with E-state index in [1.165, 1.54) is 0 Å². The number of nitro groups is 1. The maximum atomic E-state index is 10.5. The third kappa shape index (κ3) is 4.55. The lowest BCUT2D eigenvalue weighted by Crippen LogP contribution is -2.24. The summed E-state index contributed by atoms with van der Waals surface area (Å²) in [5, 5.41) is 19.5. The van der Waals surface area contributed by atoms with Gasteiger partial charge in [0.15, 0.2) is 0 Å². The van der Waals surface area contributed by atoms with Gasteiger partial charge in [0.05, 0.1) is 0 Å². The van der Waals surface area contributed by atoms with E-state index in [0.717, 1.165) is 5.56 Å². The molecule has 0 spiro atoms. The molecule has 6 nitrogen and oxygen atoms in total. The summed E-state index contributed by atoms with van der Waals surface area (Å²) in [6, 6.07) is 15.9. The molecule has 0 heterocycles. The normalized spacial score (nSPS) is 11.9. The quantitative estimate of drug-likeness (QED) is 0.604. The fraction of sp³-hybridized carbons (Fsp3) is 0.200. The standard InChI is InChI=1S/C15H16N2O4/c18-16-15(10-17(19)20)13-6-8-14(9-7-13)21-11-12-4-2-1-3-5-12/h1-9,15-16,18H,10-11H2. The fourth-order valence-corrected chi connectivity index (χ4v) is 1.91. The van der Waals surface area contributed by atoms with E-state index < -0.39 is 11.0 Å². The summed E-state index contributed by atoms with van der Waals surface area (Å²) < 4.78 is 5.62. The minimum absolute atomic E-state index is 0.388. The lowest BCUT2D eigenvalue weighted by Gasteiger charge is -2.12. The maximum absolute atomic E-state index is 10.5. The van der Waals surface area contributed by atoms with E-state index in [2.05, 4.69) is 0 Å². The average molecular weight is 288 g/mol. The van der Waals surface area contributed by atoms with E-state index in [1.54, 1.807) is 24.3 Å². The number of benzene rings is 2. The van der Waals surface area contributed by atoms with Crippen molar-refractivity contribution in [2.45, 2.75) is 12.6 Å². The number of rotatable bonds is 7. The molecule has 0 saturated heterocycles. The van der Waals surface area contributed by atoms with Crippen LogP contribution in [0.25, 0.3) is 0 Å². The predicted molar refractivity (Wildman–Crippen MR) is 76.7 cm³/mol. The second-order valence-corrected chi connectivity index (χ2v) is 4.54. The topological polar surface area (TPSA) is 84.6 Å². The molecule has 21 heavy (non-hydrogen) atoms. The van der Waals surface area contributed by atoms with Crippen LogP contribution in [0.3, 0.4) is 0 Å². The van der Waals surface area contributed by atoms with E-state index >= 15 is 0 Å². The lowest BCUT2D eigenvalue weighted by atomic mass is 10.1. The van der Waals surface area contributed by atoms with Gasteiger partial charge in [0.2, 0.25) is 6.54 Å². The number of hydroxylamine groups is 1. The second-order valence-electron chi connectivity index (χ2n) is 4.54. The highest BCUT2D eigenvalue weighted by Gasteiger charge is 2.16. The van der Waals surface area contributed by atoms with Crippen molar-refractivity contribution in [2.24, 2.45) is 0 Å². The molecule has 0 bridgehead atoms. The smallest absolute Gasteiger partial charge is 0.225 e. The molecule has 0 aliphatic rings. The van der Waals surface area contributed by atoms with Gasteiger partial charge in [0.25, 0.3) is 0 Å². The Morgan fingerprint density at radius 2 is 1.81 bits per heavy atom. The molecule has 0 saturated carbocycles. The first-order valence-electron chi connectivity index (χ1n) is 6.47. The number of nitrogens with zero attached hydrogens (tertiary/aromatic N) is 1. The third-order valence-corrected chi connectivity index (χ3v) is 3.02. The molecule has 0 fully saturated rings. The molecule has 0 aliphatic carbocycles. The summed E-state index contributed by atoms with van der Waals surface area (Å²) in [5.41, 5.74) is 3.63. The molecular formula is C15H16N2O4. The first-order chi connectivity index (χ1) is 10.2. The van der Waals surface area contributed by atoms with Crippen LogP contribution >= 0.6 is 0 Å². The van der Waals surface area contributed by atoms with Gasteiger partial charge < -0.3 is 9.94 Å². The zero-order chi connectivity index (χ0) is 15.1. The Hall–Kier alpha value is -2.44. The molecule has 6 heteroatoms. The highest BCUT2D eigenvalue weighted by molar-refractivity contribution is 5.29. The number of ether oxygens (including phenoxy) is 1. The van der Waals surface area contributed by atoms with Crippen molar-refractivity contribution in [1.29, 1.82) is 0 Å². The van der Waals surface area contributed by atoms with Crippen LogP contribution in [0.4, 0.5) is 0 Å². The molecule has 2 aromatic rings. The zero-order valence-electron chi connectivity index (χ0n) is 11.3. The molecule has 110 valence electrons. The molecular weight excluding hydrogens is 272 g/mol. The van der Waals surface area contributed by atoms with Crippen LogP contribution < -0.4 is 10.2 Å². The molecule has 0 aromatic heterocycles. The Morgan fingerprint density at radius 3 is 2.38 bits per heavy atom. The zero-order valence-corrected chi connectivity index (χ0v) is 11.3. The lowest BCUT2D eigenvalue weighted by molar-refractivity contribution is -0.486. The first-order valence-corrected chi connectivity index (χ1v) is 6.47. The number of hydrogen-bond acceptors (Lipinski definition) is 5. The van der Waals surface area contributed by atoms with E-state index in [9.17, 15) is 10.1 Å². The Balaban J connectivity index is 1.96. The molecule has 2 N–H and O–H groups in total. The van der Waals surface area contributed by atoms with Gasteiger partial charge in [-0.3, -0.25) is 10.1 Å². The van der Waals surface area contributed by atoms with Crippen LogP contribution in [-0.2, 0) is 6.61 Å². The first kappa shape index (κ1) is 15.0. The highest BCUT2D eigenvalue weighted by atomic mass is 16.6. The van der Waals surface area contributed by atoms with Crippen molar-refractivity contribution >= 4 is 0 Å². The van der Waals surface area contributed by atoms with Crippen molar-refractivity contribution < 1.29 is 14.9 Å². The average Bonchev–Trinajstić information content (AvgIpc) is 2.52. The minimum atomic E-state index is -0.733. The van der Waals surface area contributed by atoms with Gasteiger partial charge in [0.1, 0.15) is 18.4 Å². The van der Waals surface area contributed by atoms with Crippen molar-refractivity contribution in [3.63, 3.8) is 0 Å². The summed E-state index contributed by atoms with van der Waals surface area (Å²) in [7, 11) is 0. The maximum Gasteiger partial charge on any atom is 0.225 e. The van der Waals surface area contributed by atoms with Crippen molar-refractivity contribution in [3.8, 4) is 5.75 Å². The summed E-state index contributed by atoms with van der Waals surface area (Å²) in [4.78, 5) is 10.0. The Kier molecular flexibility index (Phi) is 5.25. The van der Waals surface area contributed by atoms with E-state index in [1.807, 2.05) is 35.8 Å². The number of hydrogen-bond donors (Lipinski definition) is 2. The molecule has 0 radical (unpaired) electrons. The van der Waals surface area contributed by atoms with Crippen molar-refractivity contribution in [1.82, 2.24) is 5.48 Å². The van der Waals surface area contributed by atoms with Crippen LogP contribution in [0.5, 0.6) is 5.75 Å². The van der Waals surface area contributed by atoms with Crippen LogP contribution in [0, 0.1) is 10.1 Å². The Bertz CT molecular complexity index is 572. The van der Waals surface area contributed by atoms with Crippen LogP contribution in [0.1, 0.15) is 17.2 Å². The summed E-state index contributed by atoms with van der Waals surface area (Å²) in [6.45, 7) is 0.0669. The van der Waals surface area contributed by atoms with Crippen LogP contribution in [-0.4, -0.2) is 16.7 Å². The Morgan fingerprint density at radius 1 is 1.14 bits per heavy atom. The summed E-state index contributed by atoms with van der Waals surface area (Å²) in [6.07, 6.45) is 0. The van der Waals surface area contributed by atoms with Crippen LogP contribution in [0.15, 0.2) is 54.6 Å². The molecule has 1 unspecified atom stereocenters.